The van der Waals surface area contributed by atoms with Crippen molar-refractivity contribution >= 4 is 29.0 Å². The minimum atomic E-state index is -1.26. The van der Waals surface area contributed by atoms with Gasteiger partial charge in [0.2, 0.25) is 0 Å². The molecule has 1 spiro atoms. The van der Waals surface area contributed by atoms with Crippen LogP contribution in [0.5, 0.6) is 11.5 Å². The van der Waals surface area contributed by atoms with Crippen molar-refractivity contribution in [3.8, 4) is 11.5 Å². The molecule has 1 atom stereocenters. The Bertz CT molecular complexity index is 1660. The van der Waals surface area contributed by atoms with Crippen molar-refractivity contribution < 1.29 is 23.8 Å². The fourth-order valence-corrected chi connectivity index (χ4v) is 5.80. The number of hydrogen-bond donors (Lipinski definition) is 1. The number of nitrogens with zero attached hydrogens (tertiary/aromatic N) is 1. The summed E-state index contributed by atoms with van der Waals surface area (Å²) in [6, 6.07) is 25.0. The molecule has 7 heteroatoms. The SMILES string of the molecule is CCOC(=O)c1ccc2c(c1)C(=O)OC21c2ccc(N(CC)CC)cc2Oc2cc(C)c(Nc3ccccc3)cc21. The highest BCUT2D eigenvalue weighted by Crippen LogP contribution is 2.57. The van der Waals surface area contributed by atoms with Crippen LogP contribution < -0.4 is 15.0 Å². The van der Waals surface area contributed by atoms with Crippen LogP contribution in [-0.4, -0.2) is 31.6 Å². The average Bonchev–Trinajstić information content (AvgIpc) is 3.27. The zero-order valence-corrected chi connectivity index (χ0v) is 23.6. The van der Waals surface area contributed by atoms with Gasteiger partial charge in [0, 0.05) is 52.9 Å². The Balaban J connectivity index is 1.57. The molecule has 41 heavy (non-hydrogen) atoms. The summed E-state index contributed by atoms with van der Waals surface area (Å²) in [7, 11) is 0. The molecule has 1 unspecified atom stereocenters. The van der Waals surface area contributed by atoms with Crippen molar-refractivity contribution in [3.63, 3.8) is 0 Å². The van der Waals surface area contributed by atoms with Crippen molar-refractivity contribution in [2.75, 3.05) is 29.9 Å². The lowest BCUT2D eigenvalue weighted by molar-refractivity contribution is 0.0224. The number of ether oxygens (including phenoxy) is 3. The van der Waals surface area contributed by atoms with Crippen molar-refractivity contribution in [3.05, 3.63) is 112 Å². The Kier molecular flexibility index (Phi) is 6.66. The van der Waals surface area contributed by atoms with E-state index in [2.05, 4.69) is 24.1 Å². The first-order valence-electron chi connectivity index (χ1n) is 14.0. The molecule has 0 aliphatic carbocycles. The lowest BCUT2D eigenvalue weighted by atomic mass is 9.77. The normalized spacial score (nSPS) is 16.2. The summed E-state index contributed by atoms with van der Waals surface area (Å²) in [6.45, 7) is 9.93. The molecule has 0 saturated carbocycles. The number of esters is 2. The second-order valence-electron chi connectivity index (χ2n) is 10.2. The van der Waals surface area contributed by atoms with Crippen LogP contribution in [0.25, 0.3) is 0 Å². The van der Waals surface area contributed by atoms with Crippen LogP contribution in [0.3, 0.4) is 0 Å². The Morgan fingerprint density at radius 2 is 1.61 bits per heavy atom. The number of benzene rings is 4. The number of hydrogen-bond acceptors (Lipinski definition) is 7. The average molecular weight is 549 g/mol. The van der Waals surface area contributed by atoms with Gasteiger partial charge >= 0.3 is 11.9 Å². The molecule has 6 rings (SSSR count). The number of fused-ring (bicyclic) bond motifs is 6. The molecule has 4 aromatic carbocycles. The first kappa shape index (κ1) is 26.4. The van der Waals surface area contributed by atoms with E-state index in [1.165, 1.54) is 0 Å². The smallest absolute Gasteiger partial charge is 0.340 e. The topological polar surface area (TPSA) is 77.1 Å². The van der Waals surface area contributed by atoms with E-state index >= 15 is 0 Å². The van der Waals surface area contributed by atoms with Crippen LogP contribution in [0.4, 0.5) is 17.1 Å². The predicted octanol–water partition coefficient (Wildman–Crippen LogP) is 7.33. The fraction of sp³-hybridized carbons (Fsp3) is 0.235. The Morgan fingerprint density at radius 3 is 2.34 bits per heavy atom. The predicted molar refractivity (Wildman–Crippen MR) is 159 cm³/mol. The minimum Gasteiger partial charge on any atom is -0.462 e. The van der Waals surface area contributed by atoms with Gasteiger partial charge in [0.05, 0.1) is 17.7 Å². The third-order valence-corrected chi connectivity index (χ3v) is 7.83. The van der Waals surface area contributed by atoms with Gasteiger partial charge in [-0.15, -0.1) is 0 Å². The van der Waals surface area contributed by atoms with Crippen LogP contribution in [0.2, 0.25) is 0 Å². The molecule has 1 N–H and O–H groups in total. The van der Waals surface area contributed by atoms with Crippen LogP contribution in [0, 0.1) is 6.92 Å². The number of para-hydroxylation sites is 1. The van der Waals surface area contributed by atoms with Crippen LogP contribution in [0.1, 0.15) is 63.7 Å². The number of rotatable bonds is 7. The van der Waals surface area contributed by atoms with E-state index in [1.807, 2.05) is 67.6 Å². The monoisotopic (exact) mass is 548 g/mol. The maximum Gasteiger partial charge on any atom is 0.340 e. The third kappa shape index (κ3) is 4.29. The summed E-state index contributed by atoms with van der Waals surface area (Å²) in [5.74, 6) is 0.252. The number of carbonyl (C=O) groups excluding carboxylic acids is 2. The summed E-state index contributed by atoms with van der Waals surface area (Å²) in [5.41, 5.74) is 5.29. The zero-order valence-electron chi connectivity index (χ0n) is 23.6. The second-order valence-corrected chi connectivity index (χ2v) is 10.2. The van der Waals surface area contributed by atoms with Crippen LogP contribution in [0.15, 0.2) is 78.9 Å². The van der Waals surface area contributed by atoms with Crippen molar-refractivity contribution in [2.45, 2.75) is 33.3 Å². The van der Waals surface area contributed by atoms with E-state index in [1.54, 1.807) is 25.1 Å². The number of aryl methyl sites for hydroxylation is 1. The van der Waals surface area contributed by atoms with Gasteiger partial charge in [0.15, 0.2) is 5.60 Å². The van der Waals surface area contributed by atoms with Gasteiger partial charge < -0.3 is 24.4 Å². The molecule has 0 fully saturated rings. The highest BCUT2D eigenvalue weighted by atomic mass is 16.6. The largest absolute Gasteiger partial charge is 0.462 e. The van der Waals surface area contributed by atoms with Crippen molar-refractivity contribution in [1.29, 1.82) is 0 Å². The molecule has 0 amide bonds. The zero-order chi connectivity index (χ0) is 28.7. The standard InChI is InChI=1S/C34H32N2O5/c1-5-36(6-2)24-14-16-27-31(19-24)40-30-17-21(4)29(35-23-11-9-8-10-12-23)20-28(30)34(27)26-15-13-22(32(37)39-7-3)18-25(26)33(38)41-34/h8-20,35H,5-7H2,1-4H3. The maximum atomic E-state index is 13.6. The van der Waals surface area contributed by atoms with Gasteiger partial charge in [-0.1, -0.05) is 24.3 Å². The van der Waals surface area contributed by atoms with Crippen molar-refractivity contribution in [2.24, 2.45) is 0 Å². The summed E-state index contributed by atoms with van der Waals surface area (Å²) >= 11 is 0. The molecule has 4 aromatic rings. The van der Waals surface area contributed by atoms with E-state index in [0.717, 1.165) is 41.3 Å². The summed E-state index contributed by atoms with van der Waals surface area (Å²) in [4.78, 5) is 28.3. The quantitative estimate of drug-likeness (QED) is 0.242. The highest BCUT2D eigenvalue weighted by molar-refractivity contribution is 6.00. The molecule has 7 nitrogen and oxygen atoms in total. The van der Waals surface area contributed by atoms with Gasteiger partial charge in [0.1, 0.15) is 11.5 Å². The van der Waals surface area contributed by atoms with Gasteiger partial charge in [0.25, 0.3) is 0 Å². The highest BCUT2D eigenvalue weighted by Gasteiger charge is 2.54. The molecule has 2 aliphatic rings. The van der Waals surface area contributed by atoms with Gasteiger partial charge in [-0.3, -0.25) is 0 Å². The maximum absolute atomic E-state index is 13.6. The molecule has 0 bridgehead atoms. The van der Waals surface area contributed by atoms with E-state index < -0.39 is 17.5 Å². The van der Waals surface area contributed by atoms with E-state index in [4.69, 9.17) is 14.2 Å². The summed E-state index contributed by atoms with van der Waals surface area (Å²) < 4.78 is 18.1. The van der Waals surface area contributed by atoms with E-state index in [9.17, 15) is 9.59 Å². The van der Waals surface area contributed by atoms with Crippen LogP contribution in [-0.2, 0) is 15.1 Å². The van der Waals surface area contributed by atoms with Crippen LogP contribution >= 0.6 is 0 Å². The number of anilines is 3. The van der Waals surface area contributed by atoms with E-state index in [-0.39, 0.29) is 6.61 Å². The first-order valence-corrected chi connectivity index (χ1v) is 14.0. The molecule has 0 aromatic heterocycles. The van der Waals surface area contributed by atoms with Gasteiger partial charge in [-0.05, 0) is 81.8 Å². The Hall–Kier alpha value is -4.78. The second kappa shape index (κ2) is 10.3. The molecule has 208 valence electrons. The third-order valence-electron chi connectivity index (χ3n) is 7.83. The first-order chi connectivity index (χ1) is 19.9. The fourth-order valence-electron chi connectivity index (χ4n) is 5.80. The van der Waals surface area contributed by atoms with E-state index in [0.29, 0.717) is 33.8 Å². The molecule has 2 heterocycles. The summed E-state index contributed by atoms with van der Waals surface area (Å²) in [6.07, 6.45) is 0. The molecule has 0 saturated heterocycles. The minimum absolute atomic E-state index is 0.244. The number of nitrogens with one attached hydrogen (secondary N) is 1. The number of carbonyl (C=O) groups is 2. The summed E-state index contributed by atoms with van der Waals surface area (Å²) in [5, 5.41) is 3.50. The van der Waals surface area contributed by atoms with Gasteiger partial charge in [-0.2, -0.15) is 0 Å². The molecular weight excluding hydrogens is 516 g/mol. The lowest BCUT2D eigenvalue weighted by Crippen LogP contribution is -2.33. The molecular formula is C34H32N2O5. The van der Waals surface area contributed by atoms with Gasteiger partial charge in [-0.25, -0.2) is 9.59 Å². The Morgan fingerprint density at radius 1 is 0.878 bits per heavy atom. The lowest BCUT2D eigenvalue weighted by Gasteiger charge is -2.37. The molecule has 2 aliphatic heterocycles. The van der Waals surface area contributed by atoms with Crippen molar-refractivity contribution in [1.82, 2.24) is 0 Å². The Labute approximate surface area is 239 Å². The molecule has 0 radical (unpaired) electrons.